The number of rotatable bonds is 3. The number of para-hydroxylation sites is 2. The zero-order valence-corrected chi connectivity index (χ0v) is 14.3. The van der Waals surface area contributed by atoms with Gasteiger partial charge in [-0.3, -0.25) is 4.79 Å². The Balaban J connectivity index is 1.71. The van der Waals surface area contributed by atoms with E-state index < -0.39 is 0 Å². The van der Waals surface area contributed by atoms with Gasteiger partial charge in [-0.15, -0.1) is 11.3 Å². The standard InChI is InChI=1S/C19H19N3OS/c1-12-10-14(19(20)23)13-6-2-4-8-16(13)22(12)11-18-21-15-7-3-5-9-17(15)24-18/h2-9,12,14H,10-11H2,1H3,(H2,20,23). The molecule has 2 unspecified atom stereocenters. The first-order valence-corrected chi connectivity index (χ1v) is 8.94. The molecule has 122 valence electrons. The first kappa shape index (κ1) is 15.1. The van der Waals surface area contributed by atoms with Crippen LogP contribution in [0.25, 0.3) is 10.2 Å². The number of aromatic nitrogens is 1. The predicted octanol–water partition coefficient (Wildman–Crippen LogP) is 3.66. The zero-order chi connectivity index (χ0) is 16.7. The molecule has 0 bridgehead atoms. The summed E-state index contributed by atoms with van der Waals surface area (Å²) in [5.74, 6) is -0.447. The molecule has 0 aliphatic carbocycles. The lowest BCUT2D eigenvalue weighted by Crippen LogP contribution is -2.41. The van der Waals surface area contributed by atoms with Crippen LogP contribution in [0.3, 0.4) is 0 Å². The Bertz CT molecular complexity index is 871. The average molecular weight is 337 g/mol. The lowest BCUT2D eigenvalue weighted by atomic mass is 9.85. The van der Waals surface area contributed by atoms with Crippen LogP contribution in [0.4, 0.5) is 5.69 Å². The van der Waals surface area contributed by atoms with Crippen LogP contribution in [0.15, 0.2) is 48.5 Å². The molecule has 0 radical (unpaired) electrons. The number of primary amides is 1. The van der Waals surface area contributed by atoms with Gasteiger partial charge in [0.25, 0.3) is 0 Å². The van der Waals surface area contributed by atoms with Crippen molar-refractivity contribution < 1.29 is 4.79 Å². The minimum atomic E-state index is -0.242. The number of hydrogen-bond donors (Lipinski definition) is 1. The van der Waals surface area contributed by atoms with Crippen molar-refractivity contribution in [2.45, 2.75) is 31.8 Å². The summed E-state index contributed by atoms with van der Waals surface area (Å²) in [4.78, 5) is 18.9. The second kappa shape index (κ2) is 5.91. The highest BCUT2D eigenvalue weighted by Crippen LogP contribution is 2.39. The Morgan fingerprint density at radius 1 is 1.25 bits per heavy atom. The van der Waals surface area contributed by atoms with E-state index in [-0.39, 0.29) is 17.9 Å². The monoisotopic (exact) mass is 337 g/mol. The van der Waals surface area contributed by atoms with Gasteiger partial charge in [0.05, 0.1) is 22.7 Å². The van der Waals surface area contributed by atoms with E-state index in [1.807, 2.05) is 36.4 Å². The quantitative estimate of drug-likeness (QED) is 0.793. The molecule has 1 aliphatic heterocycles. The van der Waals surface area contributed by atoms with Gasteiger partial charge in [0, 0.05) is 11.7 Å². The summed E-state index contributed by atoms with van der Waals surface area (Å²) in [6.07, 6.45) is 0.747. The Hall–Kier alpha value is -2.40. The smallest absolute Gasteiger partial charge is 0.225 e. The van der Waals surface area contributed by atoms with Crippen molar-refractivity contribution in [3.63, 3.8) is 0 Å². The van der Waals surface area contributed by atoms with Crippen LogP contribution in [-0.4, -0.2) is 16.9 Å². The fourth-order valence-electron chi connectivity index (χ4n) is 3.52. The molecule has 4 rings (SSSR count). The van der Waals surface area contributed by atoms with E-state index in [0.717, 1.165) is 34.7 Å². The van der Waals surface area contributed by atoms with E-state index in [1.54, 1.807) is 11.3 Å². The van der Waals surface area contributed by atoms with Crippen LogP contribution in [0.5, 0.6) is 0 Å². The molecular weight excluding hydrogens is 318 g/mol. The van der Waals surface area contributed by atoms with Gasteiger partial charge < -0.3 is 10.6 Å². The summed E-state index contributed by atoms with van der Waals surface area (Å²) in [5, 5.41) is 1.09. The van der Waals surface area contributed by atoms with E-state index in [4.69, 9.17) is 10.7 Å². The van der Waals surface area contributed by atoms with Crippen LogP contribution >= 0.6 is 11.3 Å². The van der Waals surface area contributed by atoms with Gasteiger partial charge in [0.15, 0.2) is 0 Å². The molecule has 1 amide bonds. The average Bonchev–Trinajstić information content (AvgIpc) is 2.99. The van der Waals surface area contributed by atoms with E-state index >= 15 is 0 Å². The molecule has 4 nitrogen and oxygen atoms in total. The molecule has 1 aliphatic rings. The summed E-state index contributed by atoms with van der Waals surface area (Å²) in [5.41, 5.74) is 8.80. The minimum absolute atomic E-state index is 0.206. The number of anilines is 1. The maximum absolute atomic E-state index is 11.8. The maximum Gasteiger partial charge on any atom is 0.225 e. The topological polar surface area (TPSA) is 59.2 Å². The lowest BCUT2D eigenvalue weighted by Gasteiger charge is -2.39. The molecule has 0 saturated heterocycles. The van der Waals surface area contributed by atoms with Crippen molar-refractivity contribution in [2.75, 3.05) is 4.90 Å². The largest absolute Gasteiger partial charge is 0.369 e. The second-order valence-electron chi connectivity index (χ2n) is 6.30. The molecular formula is C19H19N3OS. The van der Waals surface area contributed by atoms with Gasteiger partial charge in [-0.25, -0.2) is 4.98 Å². The molecule has 0 saturated carbocycles. The van der Waals surface area contributed by atoms with Gasteiger partial charge in [-0.1, -0.05) is 30.3 Å². The van der Waals surface area contributed by atoms with Crippen molar-refractivity contribution >= 4 is 33.1 Å². The van der Waals surface area contributed by atoms with E-state index in [1.165, 1.54) is 4.70 Å². The molecule has 24 heavy (non-hydrogen) atoms. The summed E-state index contributed by atoms with van der Waals surface area (Å²) in [7, 11) is 0. The van der Waals surface area contributed by atoms with Gasteiger partial charge >= 0.3 is 0 Å². The van der Waals surface area contributed by atoms with E-state index in [0.29, 0.717) is 0 Å². The number of nitrogens with zero attached hydrogens (tertiary/aromatic N) is 2. The number of carbonyl (C=O) groups excluding carboxylic acids is 1. The van der Waals surface area contributed by atoms with Crippen LogP contribution in [0.1, 0.15) is 29.8 Å². The first-order chi connectivity index (χ1) is 11.6. The highest BCUT2D eigenvalue weighted by atomic mass is 32.1. The number of fused-ring (bicyclic) bond motifs is 2. The van der Waals surface area contributed by atoms with Crippen molar-refractivity contribution in [3.8, 4) is 0 Å². The summed E-state index contributed by atoms with van der Waals surface area (Å²) in [6, 6.07) is 16.5. The normalized spacial score (nSPS) is 20.1. The third kappa shape index (κ3) is 2.55. The van der Waals surface area contributed by atoms with Gasteiger partial charge in [-0.05, 0) is 37.1 Å². The number of nitrogens with two attached hydrogens (primary N) is 1. The minimum Gasteiger partial charge on any atom is -0.369 e. The summed E-state index contributed by atoms with van der Waals surface area (Å²) < 4.78 is 1.21. The third-order valence-electron chi connectivity index (χ3n) is 4.72. The van der Waals surface area contributed by atoms with Gasteiger partial charge in [0.2, 0.25) is 5.91 Å². The number of amides is 1. The molecule has 3 aromatic rings. The number of benzene rings is 2. The first-order valence-electron chi connectivity index (χ1n) is 8.13. The summed E-state index contributed by atoms with van der Waals surface area (Å²) >= 11 is 1.73. The molecule has 2 aromatic carbocycles. The fourth-order valence-corrected chi connectivity index (χ4v) is 4.49. The predicted molar refractivity (Wildman–Crippen MR) is 98.3 cm³/mol. The van der Waals surface area contributed by atoms with Crippen LogP contribution in [-0.2, 0) is 11.3 Å². The molecule has 1 aromatic heterocycles. The third-order valence-corrected chi connectivity index (χ3v) is 5.74. The van der Waals surface area contributed by atoms with Crippen LogP contribution in [0, 0.1) is 0 Å². The van der Waals surface area contributed by atoms with E-state index in [9.17, 15) is 4.79 Å². The van der Waals surface area contributed by atoms with Crippen molar-refractivity contribution in [2.24, 2.45) is 5.73 Å². The number of carbonyl (C=O) groups is 1. The molecule has 2 heterocycles. The van der Waals surface area contributed by atoms with Crippen LogP contribution in [0.2, 0.25) is 0 Å². The van der Waals surface area contributed by atoms with E-state index in [2.05, 4.69) is 24.0 Å². The highest BCUT2D eigenvalue weighted by Gasteiger charge is 2.33. The second-order valence-corrected chi connectivity index (χ2v) is 7.42. The van der Waals surface area contributed by atoms with Crippen molar-refractivity contribution in [1.29, 1.82) is 0 Å². The molecule has 5 heteroatoms. The highest BCUT2D eigenvalue weighted by molar-refractivity contribution is 7.18. The van der Waals surface area contributed by atoms with Gasteiger partial charge in [-0.2, -0.15) is 0 Å². The Labute approximate surface area is 144 Å². The molecule has 0 spiro atoms. The Morgan fingerprint density at radius 3 is 2.79 bits per heavy atom. The van der Waals surface area contributed by atoms with Crippen molar-refractivity contribution in [1.82, 2.24) is 4.98 Å². The SMILES string of the molecule is CC1CC(C(N)=O)c2ccccc2N1Cc1nc2ccccc2s1. The van der Waals surface area contributed by atoms with Crippen molar-refractivity contribution in [3.05, 3.63) is 59.1 Å². The molecule has 2 atom stereocenters. The number of hydrogen-bond acceptors (Lipinski definition) is 4. The Kier molecular flexibility index (Phi) is 3.73. The fraction of sp³-hybridized carbons (Fsp3) is 0.263. The maximum atomic E-state index is 11.8. The number of thiazole rings is 1. The molecule has 2 N–H and O–H groups in total. The molecule has 0 fully saturated rings. The Morgan fingerprint density at radius 2 is 2.00 bits per heavy atom. The zero-order valence-electron chi connectivity index (χ0n) is 13.5. The lowest BCUT2D eigenvalue weighted by molar-refractivity contribution is -0.119. The van der Waals surface area contributed by atoms with Gasteiger partial charge in [0.1, 0.15) is 5.01 Å². The van der Waals surface area contributed by atoms with Crippen LogP contribution < -0.4 is 10.6 Å². The summed E-state index contributed by atoms with van der Waals surface area (Å²) in [6.45, 7) is 2.90.